The van der Waals surface area contributed by atoms with E-state index in [1.54, 1.807) is 6.20 Å². The van der Waals surface area contributed by atoms with Crippen LogP contribution in [0, 0.1) is 0 Å². The summed E-state index contributed by atoms with van der Waals surface area (Å²) >= 11 is 0. The van der Waals surface area contributed by atoms with E-state index < -0.39 is 0 Å². The van der Waals surface area contributed by atoms with E-state index >= 15 is 0 Å². The number of benzene rings is 1. The van der Waals surface area contributed by atoms with Gasteiger partial charge in [-0.2, -0.15) is 5.10 Å². The Bertz CT molecular complexity index is 889. The molecule has 0 spiro atoms. The zero-order chi connectivity index (χ0) is 18.6. The van der Waals surface area contributed by atoms with Gasteiger partial charge in [0.2, 0.25) is 5.91 Å². The summed E-state index contributed by atoms with van der Waals surface area (Å²) in [6.07, 6.45) is 6.29. The van der Waals surface area contributed by atoms with E-state index in [4.69, 9.17) is 0 Å². The SMILES string of the molecule is CCN(CCn1cccn1)C(=O)C1CC(Cn2cnc3ccccc32)NN1. The average molecular weight is 367 g/mol. The first-order valence-electron chi connectivity index (χ1n) is 9.41. The Hall–Kier alpha value is -2.71. The van der Waals surface area contributed by atoms with Gasteiger partial charge in [0.05, 0.1) is 23.9 Å². The number of amides is 1. The third-order valence-corrected chi connectivity index (χ3v) is 5.08. The fourth-order valence-electron chi connectivity index (χ4n) is 3.60. The summed E-state index contributed by atoms with van der Waals surface area (Å²) < 4.78 is 3.99. The van der Waals surface area contributed by atoms with Crippen molar-refractivity contribution >= 4 is 16.9 Å². The van der Waals surface area contributed by atoms with Crippen LogP contribution in [-0.2, 0) is 17.9 Å². The van der Waals surface area contributed by atoms with Gasteiger partial charge in [-0.05, 0) is 31.5 Å². The molecular formula is C19H25N7O. The van der Waals surface area contributed by atoms with Crippen LogP contribution in [0.2, 0.25) is 0 Å². The van der Waals surface area contributed by atoms with Gasteiger partial charge in [-0.3, -0.25) is 14.9 Å². The molecule has 142 valence electrons. The first kappa shape index (κ1) is 17.7. The smallest absolute Gasteiger partial charge is 0.241 e. The molecule has 1 aliphatic rings. The molecule has 2 N–H and O–H groups in total. The third-order valence-electron chi connectivity index (χ3n) is 5.08. The van der Waals surface area contributed by atoms with E-state index in [1.807, 2.05) is 53.3 Å². The zero-order valence-corrected chi connectivity index (χ0v) is 15.5. The van der Waals surface area contributed by atoms with Crippen molar-refractivity contribution in [1.29, 1.82) is 0 Å². The summed E-state index contributed by atoms with van der Waals surface area (Å²) in [5.41, 5.74) is 8.56. The second kappa shape index (κ2) is 7.89. The minimum atomic E-state index is -0.206. The standard InChI is InChI=1S/C19H25N7O/c1-2-24(10-11-26-9-5-8-21-26)19(27)17-12-15(22-23-17)13-25-14-20-16-6-3-4-7-18(16)25/h3-9,14-15,17,22-23H,2,10-13H2,1H3. The molecule has 8 nitrogen and oxygen atoms in total. The highest BCUT2D eigenvalue weighted by atomic mass is 16.2. The molecule has 0 bridgehead atoms. The first-order chi connectivity index (χ1) is 13.2. The lowest BCUT2D eigenvalue weighted by molar-refractivity contribution is -0.133. The van der Waals surface area contributed by atoms with Crippen molar-refractivity contribution in [1.82, 2.24) is 35.1 Å². The van der Waals surface area contributed by atoms with Gasteiger partial charge < -0.3 is 9.47 Å². The van der Waals surface area contributed by atoms with Crippen molar-refractivity contribution in [3.63, 3.8) is 0 Å². The molecule has 2 unspecified atom stereocenters. The Labute approximate surface area is 158 Å². The number of fused-ring (bicyclic) bond motifs is 1. The molecule has 2 aromatic heterocycles. The number of carbonyl (C=O) groups is 1. The summed E-state index contributed by atoms with van der Waals surface area (Å²) in [7, 11) is 0. The van der Waals surface area contributed by atoms with Gasteiger partial charge in [-0.1, -0.05) is 12.1 Å². The van der Waals surface area contributed by atoms with Gasteiger partial charge >= 0.3 is 0 Å². The summed E-state index contributed by atoms with van der Waals surface area (Å²) in [6, 6.07) is 9.96. The highest BCUT2D eigenvalue weighted by Gasteiger charge is 2.32. The molecule has 0 saturated carbocycles. The van der Waals surface area contributed by atoms with E-state index in [2.05, 4.69) is 31.6 Å². The van der Waals surface area contributed by atoms with Gasteiger partial charge in [0.1, 0.15) is 6.04 Å². The molecule has 1 fully saturated rings. The molecule has 1 saturated heterocycles. The fourth-order valence-corrected chi connectivity index (χ4v) is 3.60. The van der Waals surface area contributed by atoms with Gasteiger partial charge in [-0.15, -0.1) is 0 Å². The van der Waals surface area contributed by atoms with Crippen molar-refractivity contribution in [2.24, 2.45) is 0 Å². The molecule has 0 aliphatic carbocycles. The summed E-state index contributed by atoms with van der Waals surface area (Å²) in [5, 5.41) is 4.20. The number of hydrogen-bond donors (Lipinski definition) is 2. The van der Waals surface area contributed by atoms with Crippen LogP contribution in [-0.4, -0.2) is 55.3 Å². The number of likely N-dealkylation sites (N-methyl/N-ethyl adjacent to an activating group) is 1. The van der Waals surface area contributed by atoms with Gasteiger partial charge in [-0.25, -0.2) is 10.4 Å². The van der Waals surface area contributed by atoms with Crippen LogP contribution in [0.5, 0.6) is 0 Å². The molecule has 1 aromatic carbocycles. The normalized spacial score (nSPS) is 19.6. The Morgan fingerprint density at radius 3 is 3.00 bits per heavy atom. The van der Waals surface area contributed by atoms with E-state index in [-0.39, 0.29) is 18.0 Å². The number of nitrogens with zero attached hydrogens (tertiary/aromatic N) is 5. The lowest BCUT2D eigenvalue weighted by Gasteiger charge is -2.24. The number of imidazole rings is 1. The number of hydrogen-bond acceptors (Lipinski definition) is 5. The minimum absolute atomic E-state index is 0.134. The quantitative estimate of drug-likeness (QED) is 0.652. The number of para-hydroxylation sites is 2. The monoisotopic (exact) mass is 367 g/mol. The molecule has 2 atom stereocenters. The van der Waals surface area contributed by atoms with E-state index in [1.165, 1.54) is 0 Å². The predicted molar refractivity (Wildman–Crippen MR) is 103 cm³/mol. The Balaban J connectivity index is 1.34. The number of hydrazine groups is 1. The van der Waals surface area contributed by atoms with Gasteiger partial charge in [0.15, 0.2) is 0 Å². The fraction of sp³-hybridized carbons (Fsp3) is 0.421. The summed E-state index contributed by atoms with van der Waals surface area (Å²) in [4.78, 5) is 19.2. The van der Waals surface area contributed by atoms with Gasteiger partial charge in [0.25, 0.3) is 0 Å². The second-order valence-corrected chi connectivity index (χ2v) is 6.85. The second-order valence-electron chi connectivity index (χ2n) is 6.85. The summed E-state index contributed by atoms with van der Waals surface area (Å²) in [5.74, 6) is 0.134. The molecule has 3 aromatic rings. The van der Waals surface area contributed by atoms with E-state index in [0.717, 1.165) is 24.0 Å². The molecule has 27 heavy (non-hydrogen) atoms. The van der Waals surface area contributed by atoms with Crippen LogP contribution >= 0.6 is 0 Å². The lowest BCUT2D eigenvalue weighted by Crippen LogP contribution is -2.46. The number of nitrogens with one attached hydrogen (secondary N) is 2. The predicted octanol–water partition coefficient (Wildman–Crippen LogP) is 1.02. The molecular weight excluding hydrogens is 342 g/mol. The molecule has 0 radical (unpaired) electrons. The number of aromatic nitrogens is 4. The van der Waals surface area contributed by atoms with Crippen LogP contribution in [0.25, 0.3) is 11.0 Å². The van der Waals surface area contributed by atoms with Crippen LogP contribution in [0.4, 0.5) is 0 Å². The topological polar surface area (TPSA) is 80.0 Å². The van der Waals surface area contributed by atoms with Crippen LogP contribution in [0.3, 0.4) is 0 Å². The van der Waals surface area contributed by atoms with E-state index in [9.17, 15) is 4.79 Å². The van der Waals surface area contributed by atoms with Crippen molar-refractivity contribution in [2.45, 2.75) is 38.5 Å². The van der Waals surface area contributed by atoms with Crippen molar-refractivity contribution in [3.05, 3.63) is 49.1 Å². The highest BCUT2D eigenvalue weighted by molar-refractivity contribution is 5.82. The van der Waals surface area contributed by atoms with Crippen molar-refractivity contribution in [2.75, 3.05) is 13.1 Å². The average Bonchev–Trinajstić information content (AvgIpc) is 3.44. The van der Waals surface area contributed by atoms with Crippen molar-refractivity contribution < 1.29 is 4.79 Å². The maximum atomic E-state index is 12.9. The molecule has 3 heterocycles. The first-order valence-corrected chi connectivity index (χ1v) is 9.41. The molecule has 8 heteroatoms. The zero-order valence-electron chi connectivity index (χ0n) is 15.5. The maximum Gasteiger partial charge on any atom is 0.241 e. The van der Waals surface area contributed by atoms with E-state index in [0.29, 0.717) is 19.6 Å². The Morgan fingerprint density at radius 2 is 2.19 bits per heavy atom. The molecule has 4 rings (SSSR count). The number of carbonyl (C=O) groups excluding carboxylic acids is 1. The van der Waals surface area contributed by atoms with Crippen LogP contribution in [0.15, 0.2) is 49.1 Å². The third kappa shape index (κ3) is 3.86. The van der Waals surface area contributed by atoms with Crippen LogP contribution < -0.4 is 10.9 Å². The molecule has 1 amide bonds. The largest absolute Gasteiger partial charge is 0.340 e. The lowest BCUT2D eigenvalue weighted by atomic mass is 10.1. The summed E-state index contributed by atoms with van der Waals surface area (Å²) in [6.45, 7) is 4.84. The van der Waals surface area contributed by atoms with Gasteiger partial charge in [0, 0.05) is 38.1 Å². The highest BCUT2D eigenvalue weighted by Crippen LogP contribution is 2.16. The minimum Gasteiger partial charge on any atom is -0.340 e. The number of rotatable bonds is 7. The maximum absolute atomic E-state index is 12.9. The Kier molecular flexibility index (Phi) is 5.17. The molecule has 1 aliphatic heterocycles. The van der Waals surface area contributed by atoms with Crippen molar-refractivity contribution in [3.8, 4) is 0 Å². The Morgan fingerprint density at radius 1 is 1.30 bits per heavy atom. The van der Waals surface area contributed by atoms with Crippen LogP contribution in [0.1, 0.15) is 13.3 Å².